The second kappa shape index (κ2) is 8.97. The van der Waals surface area contributed by atoms with E-state index < -0.39 is 0 Å². The van der Waals surface area contributed by atoms with Crippen molar-refractivity contribution >= 4 is 31.5 Å². The van der Waals surface area contributed by atoms with Crippen LogP contribution in [0.25, 0.3) is 20.2 Å². The van der Waals surface area contributed by atoms with Crippen molar-refractivity contribution in [1.29, 1.82) is 0 Å². The topological polar surface area (TPSA) is 38.3 Å². The predicted octanol–water partition coefficient (Wildman–Crippen LogP) is 4.96. The van der Waals surface area contributed by atoms with Crippen LogP contribution < -0.4 is 15.5 Å². The van der Waals surface area contributed by atoms with Crippen molar-refractivity contribution in [3.05, 3.63) is 52.7 Å². The van der Waals surface area contributed by atoms with Crippen LogP contribution in [0.2, 0.25) is 0 Å². The van der Waals surface area contributed by atoms with Crippen LogP contribution in [0.4, 0.5) is 0 Å². The van der Waals surface area contributed by atoms with Gasteiger partial charge < -0.3 is 10.1 Å². The van der Waals surface area contributed by atoms with Crippen LogP contribution in [-0.4, -0.2) is 19.7 Å². The summed E-state index contributed by atoms with van der Waals surface area (Å²) in [6.07, 6.45) is 4.58. The Morgan fingerprint density at radius 1 is 0.960 bits per heavy atom. The van der Waals surface area contributed by atoms with Crippen LogP contribution in [0, 0.1) is 0 Å². The maximum absolute atomic E-state index is 12.7. The van der Waals surface area contributed by atoms with Gasteiger partial charge in [0.25, 0.3) is 0 Å². The highest BCUT2D eigenvalue weighted by Gasteiger charge is 2.09. The average Bonchev–Trinajstić information content (AvgIpc) is 2.64. The highest BCUT2D eigenvalue weighted by molar-refractivity contribution is 7.24. The highest BCUT2D eigenvalue weighted by Crippen LogP contribution is 2.31. The molecule has 0 saturated heterocycles. The molecule has 4 heteroatoms. The maximum Gasteiger partial charge on any atom is 0.196 e. The zero-order valence-electron chi connectivity index (χ0n) is 14.7. The molecule has 132 valence electrons. The molecule has 3 nitrogen and oxygen atoms in total. The minimum atomic E-state index is 0.0925. The van der Waals surface area contributed by atoms with Crippen molar-refractivity contribution in [3.63, 3.8) is 0 Å². The molecule has 0 spiro atoms. The number of hydrogen-bond acceptors (Lipinski definition) is 4. The van der Waals surface area contributed by atoms with Crippen molar-refractivity contribution in [2.24, 2.45) is 0 Å². The van der Waals surface area contributed by atoms with Gasteiger partial charge >= 0.3 is 0 Å². The maximum atomic E-state index is 12.7. The average molecular weight is 356 g/mol. The Morgan fingerprint density at radius 2 is 1.76 bits per heavy atom. The number of unbranched alkanes of at least 4 members (excludes halogenated alkanes) is 2. The summed E-state index contributed by atoms with van der Waals surface area (Å²) in [6, 6.07) is 13.5. The smallest absolute Gasteiger partial charge is 0.196 e. The molecule has 0 amide bonds. The predicted molar refractivity (Wildman–Crippen MR) is 108 cm³/mol. The lowest BCUT2D eigenvalue weighted by Crippen LogP contribution is -2.17. The Hall–Kier alpha value is -1.91. The van der Waals surface area contributed by atoms with Gasteiger partial charge in [-0.05, 0) is 56.6 Å². The lowest BCUT2D eigenvalue weighted by atomic mass is 10.2. The minimum absolute atomic E-state index is 0.0925. The quantitative estimate of drug-likeness (QED) is 0.435. The Kier molecular flexibility index (Phi) is 6.42. The van der Waals surface area contributed by atoms with Crippen molar-refractivity contribution in [3.8, 4) is 5.75 Å². The van der Waals surface area contributed by atoms with E-state index >= 15 is 0 Å². The van der Waals surface area contributed by atoms with Crippen LogP contribution in [-0.2, 0) is 0 Å². The molecule has 2 aromatic carbocycles. The number of rotatable bonds is 9. The second-order valence-corrected chi connectivity index (χ2v) is 7.27. The van der Waals surface area contributed by atoms with E-state index in [1.807, 2.05) is 42.5 Å². The molecule has 0 saturated carbocycles. The van der Waals surface area contributed by atoms with Crippen molar-refractivity contribution in [2.45, 2.75) is 32.6 Å². The van der Waals surface area contributed by atoms with Gasteiger partial charge in [0.15, 0.2) is 5.43 Å². The van der Waals surface area contributed by atoms with Gasteiger partial charge in [0.1, 0.15) is 5.75 Å². The van der Waals surface area contributed by atoms with Gasteiger partial charge in [-0.1, -0.05) is 31.5 Å². The lowest BCUT2D eigenvalue weighted by molar-refractivity contribution is 0.309. The zero-order valence-corrected chi connectivity index (χ0v) is 15.5. The van der Waals surface area contributed by atoms with Crippen molar-refractivity contribution in [1.82, 2.24) is 5.32 Å². The highest BCUT2D eigenvalue weighted by atomic mass is 32.1. The minimum Gasteiger partial charge on any atom is -0.492 e. The number of fused-ring (bicyclic) bond motifs is 2. The summed E-state index contributed by atoms with van der Waals surface area (Å²) in [5, 5.41) is 4.99. The van der Waals surface area contributed by atoms with Crippen LogP contribution >= 0.6 is 11.3 Å². The zero-order chi connectivity index (χ0) is 17.5. The number of nitrogens with one attached hydrogen (secondary N) is 1. The molecular formula is C21H25NO2S. The first-order valence-electron chi connectivity index (χ1n) is 9.09. The molecule has 1 N–H and O–H groups in total. The first-order chi connectivity index (χ1) is 12.3. The standard InChI is InChI=1S/C21H25NO2S/c1-2-3-13-22-14-6-7-15-24-18-11-8-10-17-20(23)16-9-4-5-12-19(16)25-21(17)18/h4-5,8-12,22H,2-3,6-7,13-15H2,1H3. The second-order valence-electron chi connectivity index (χ2n) is 6.22. The van der Waals surface area contributed by atoms with Gasteiger partial charge in [-0.15, -0.1) is 11.3 Å². The molecule has 0 aliphatic rings. The largest absolute Gasteiger partial charge is 0.492 e. The van der Waals surface area contributed by atoms with E-state index in [2.05, 4.69) is 12.2 Å². The first kappa shape index (κ1) is 17.9. The molecule has 1 aromatic heterocycles. The number of ether oxygens (including phenoxy) is 1. The first-order valence-corrected chi connectivity index (χ1v) is 9.91. The SMILES string of the molecule is CCCCNCCCCOc1cccc2c(=O)c3ccccc3sc12. The molecule has 3 aromatic rings. The molecule has 0 unspecified atom stereocenters. The fraction of sp³-hybridized carbons (Fsp3) is 0.381. The third-order valence-electron chi connectivity index (χ3n) is 4.28. The van der Waals surface area contributed by atoms with Gasteiger partial charge in [0.2, 0.25) is 0 Å². The molecule has 0 aliphatic heterocycles. The summed E-state index contributed by atoms with van der Waals surface area (Å²) in [4.78, 5) is 12.7. The van der Waals surface area contributed by atoms with Gasteiger partial charge in [0.05, 0.1) is 11.3 Å². The van der Waals surface area contributed by atoms with Crippen LogP contribution in [0.15, 0.2) is 47.3 Å². The van der Waals surface area contributed by atoms with Crippen molar-refractivity contribution < 1.29 is 4.74 Å². The van der Waals surface area contributed by atoms with E-state index in [-0.39, 0.29) is 5.43 Å². The summed E-state index contributed by atoms with van der Waals surface area (Å²) >= 11 is 1.63. The lowest BCUT2D eigenvalue weighted by Gasteiger charge is -2.10. The number of benzene rings is 2. The van der Waals surface area contributed by atoms with Crippen molar-refractivity contribution in [2.75, 3.05) is 19.7 Å². The van der Waals surface area contributed by atoms with E-state index in [0.717, 1.165) is 51.9 Å². The van der Waals surface area contributed by atoms with E-state index in [1.54, 1.807) is 11.3 Å². The van der Waals surface area contributed by atoms with E-state index in [9.17, 15) is 4.79 Å². The van der Waals surface area contributed by atoms with Crippen LogP contribution in [0.3, 0.4) is 0 Å². The molecule has 0 atom stereocenters. The monoisotopic (exact) mass is 355 g/mol. The molecule has 1 heterocycles. The van der Waals surface area contributed by atoms with E-state index in [4.69, 9.17) is 4.74 Å². The molecule has 0 aliphatic carbocycles. The normalized spacial score (nSPS) is 11.2. The fourth-order valence-electron chi connectivity index (χ4n) is 2.87. The summed E-state index contributed by atoms with van der Waals surface area (Å²) < 4.78 is 7.96. The van der Waals surface area contributed by atoms with Crippen LogP contribution in [0.1, 0.15) is 32.6 Å². The van der Waals surface area contributed by atoms with Gasteiger partial charge in [0, 0.05) is 15.5 Å². The summed E-state index contributed by atoms with van der Waals surface area (Å²) in [7, 11) is 0. The van der Waals surface area contributed by atoms with Gasteiger partial charge in [-0.2, -0.15) is 0 Å². The van der Waals surface area contributed by atoms with Crippen LogP contribution in [0.5, 0.6) is 5.75 Å². The third kappa shape index (κ3) is 4.39. The molecule has 25 heavy (non-hydrogen) atoms. The molecule has 0 fully saturated rings. The third-order valence-corrected chi connectivity index (χ3v) is 5.48. The Morgan fingerprint density at radius 3 is 2.64 bits per heavy atom. The Labute approximate surface area is 152 Å². The molecule has 0 bridgehead atoms. The Bertz CT molecular complexity index is 888. The fourth-order valence-corrected chi connectivity index (χ4v) is 4.01. The summed E-state index contributed by atoms with van der Waals surface area (Å²) in [5.74, 6) is 0.823. The molecule has 3 rings (SSSR count). The van der Waals surface area contributed by atoms with Gasteiger partial charge in [-0.25, -0.2) is 0 Å². The van der Waals surface area contributed by atoms with E-state index in [1.165, 1.54) is 12.8 Å². The van der Waals surface area contributed by atoms with Gasteiger partial charge in [-0.3, -0.25) is 4.79 Å². The Balaban J connectivity index is 1.67. The summed E-state index contributed by atoms with van der Waals surface area (Å²) in [5.41, 5.74) is 0.0925. The number of hydrogen-bond donors (Lipinski definition) is 1. The molecular weight excluding hydrogens is 330 g/mol. The summed E-state index contributed by atoms with van der Waals surface area (Å²) in [6.45, 7) is 5.03. The van der Waals surface area contributed by atoms with E-state index in [0.29, 0.717) is 6.61 Å². The molecule has 0 radical (unpaired) electrons.